The van der Waals surface area contributed by atoms with E-state index in [4.69, 9.17) is 4.42 Å². The summed E-state index contributed by atoms with van der Waals surface area (Å²) in [6.07, 6.45) is 3.29. The van der Waals surface area contributed by atoms with Gasteiger partial charge >= 0.3 is 0 Å². The summed E-state index contributed by atoms with van der Waals surface area (Å²) in [5.74, 6) is -0.248. The summed E-state index contributed by atoms with van der Waals surface area (Å²) in [5, 5.41) is 4.27. The van der Waals surface area contributed by atoms with Gasteiger partial charge in [0.15, 0.2) is 0 Å². The molecule has 0 aliphatic heterocycles. The number of hydrogen-bond donors (Lipinski definition) is 0. The molecule has 74 valence electrons. The minimum Gasteiger partial charge on any atom is -0.445 e. The Morgan fingerprint density at radius 2 is 2.00 bits per heavy atom. The summed E-state index contributed by atoms with van der Waals surface area (Å²) < 4.78 is 19.5. The van der Waals surface area contributed by atoms with Gasteiger partial charge in [0.05, 0.1) is 11.9 Å². The standard InChI is InChI=1S/C11H7FN2O/c12-9-3-1-8(2-4-9)10-7-11-14(13-10)5-6-15-11/h1-7H. The van der Waals surface area contributed by atoms with E-state index in [1.165, 1.54) is 12.1 Å². The van der Waals surface area contributed by atoms with Gasteiger partial charge in [0, 0.05) is 11.6 Å². The molecule has 0 bridgehead atoms. The second kappa shape index (κ2) is 2.95. The zero-order valence-corrected chi connectivity index (χ0v) is 7.72. The molecule has 4 heteroatoms. The van der Waals surface area contributed by atoms with Gasteiger partial charge in [-0.3, -0.25) is 0 Å². The minimum absolute atomic E-state index is 0.248. The first-order valence-electron chi connectivity index (χ1n) is 4.52. The van der Waals surface area contributed by atoms with Gasteiger partial charge in [0.25, 0.3) is 0 Å². The van der Waals surface area contributed by atoms with Crippen LogP contribution in [0.1, 0.15) is 0 Å². The van der Waals surface area contributed by atoms with E-state index in [1.54, 1.807) is 29.1 Å². The molecule has 0 spiro atoms. The lowest BCUT2D eigenvalue weighted by atomic mass is 10.1. The van der Waals surface area contributed by atoms with Gasteiger partial charge in [0.2, 0.25) is 5.71 Å². The van der Waals surface area contributed by atoms with Crippen LogP contribution in [0.5, 0.6) is 0 Å². The van der Waals surface area contributed by atoms with Crippen LogP contribution in [-0.2, 0) is 0 Å². The van der Waals surface area contributed by atoms with Crippen LogP contribution in [0, 0.1) is 5.82 Å². The summed E-state index contributed by atoms with van der Waals surface area (Å²) in [7, 11) is 0. The second-order valence-electron chi connectivity index (χ2n) is 3.22. The molecule has 0 radical (unpaired) electrons. The Morgan fingerprint density at radius 1 is 1.20 bits per heavy atom. The molecule has 0 unspecified atom stereocenters. The van der Waals surface area contributed by atoms with Crippen molar-refractivity contribution in [1.82, 2.24) is 9.61 Å². The highest BCUT2D eigenvalue weighted by Crippen LogP contribution is 2.20. The second-order valence-corrected chi connectivity index (χ2v) is 3.22. The fraction of sp³-hybridized carbons (Fsp3) is 0. The summed E-state index contributed by atoms with van der Waals surface area (Å²) in [4.78, 5) is 0. The molecular weight excluding hydrogens is 195 g/mol. The monoisotopic (exact) mass is 202 g/mol. The van der Waals surface area contributed by atoms with Crippen molar-refractivity contribution in [3.05, 3.63) is 48.6 Å². The predicted octanol–water partition coefficient (Wildman–Crippen LogP) is 2.73. The quantitative estimate of drug-likeness (QED) is 0.607. The Hall–Kier alpha value is -2.10. The van der Waals surface area contributed by atoms with E-state index in [0.717, 1.165) is 11.3 Å². The van der Waals surface area contributed by atoms with Crippen molar-refractivity contribution in [3.8, 4) is 11.3 Å². The van der Waals surface area contributed by atoms with E-state index in [-0.39, 0.29) is 5.82 Å². The van der Waals surface area contributed by atoms with Crippen molar-refractivity contribution in [2.75, 3.05) is 0 Å². The van der Waals surface area contributed by atoms with E-state index in [0.29, 0.717) is 5.71 Å². The molecule has 1 aromatic carbocycles. The van der Waals surface area contributed by atoms with E-state index in [2.05, 4.69) is 5.10 Å². The average molecular weight is 202 g/mol. The third-order valence-electron chi connectivity index (χ3n) is 2.23. The summed E-state index contributed by atoms with van der Waals surface area (Å²) in [5.41, 5.74) is 2.32. The van der Waals surface area contributed by atoms with Gasteiger partial charge in [-0.1, -0.05) is 0 Å². The number of hydrogen-bond acceptors (Lipinski definition) is 2. The lowest BCUT2D eigenvalue weighted by Crippen LogP contribution is -1.82. The Bertz CT molecular complexity index is 566. The van der Waals surface area contributed by atoms with Gasteiger partial charge in [0.1, 0.15) is 12.1 Å². The number of nitrogens with zero attached hydrogens (tertiary/aromatic N) is 2. The number of aromatic nitrogens is 2. The molecule has 0 N–H and O–H groups in total. The van der Waals surface area contributed by atoms with Crippen molar-refractivity contribution in [2.24, 2.45) is 0 Å². The molecule has 2 aromatic heterocycles. The molecule has 0 saturated heterocycles. The zero-order valence-electron chi connectivity index (χ0n) is 7.72. The van der Waals surface area contributed by atoms with Crippen molar-refractivity contribution >= 4 is 5.71 Å². The van der Waals surface area contributed by atoms with Crippen molar-refractivity contribution in [3.63, 3.8) is 0 Å². The summed E-state index contributed by atoms with van der Waals surface area (Å²) in [6.45, 7) is 0. The van der Waals surface area contributed by atoms with Gasteiger partial charge < -0.3 is 4.42 Å². The minimum atomic E-state index is -0.248. The highest BCUT2D eigenvalue weighted by Gasteiger charge is 2.05. The molecule has 0 aliphatic rings. The Morgan fingerprint density at radius 3 is 2.73 bits per heavy atom. The van der Waals surface area contributed by atoms with Crippen LogP contribution in [0.4, 0.5) is 4.39 Å². The fourth-order valence-electron chi connectivity index (χ4n) is 1.49. The number of halogens is 1. The molecule has 0 amide bonds. The van der Waals surface area contributed by atoms with Gasteiger partial charge in [-0.15, -0.1) is 0 Å². The van der Waals surface area contributed by atoms with Crippen LogP contribution in [0.3, 0.4) is 0 Å². The van der Waals surface area contributed by atoms with Crippen LogP contribution in [0.15, 0.2) is 47.2 Å². The molecule has 0 saturated carbocycles. The third-order valence-corrected chi connectivity index (χ3v) is 2.23. The predicted molar refractivity (Wildman–Crippen MR) is 52.9 cm³/mol. The fourth-order valence-corrected chi connectivity index (χ4v) is 1.49. The van der Waals surface area contributed by atoms with E-state index >= 15 is 0 Å². The zero-order chi connectivity index (χ0) is 10.3. The maximum Gasteiger partial charge on any atom is 0.221 e. The number of fused-ring (bicyclic) bond motifs is 1. The molecule has 0 fully saturated rings. The lowest BCUT2D eigenvalue weighted by molar-refractivity contribution is 0.606. The number of oxazole rings is 1. The first-order chi connectivity index (χ1) is 7.33. The van der Waals surface area contributed by atoms with Crippen LogP contribution < -0.4 is 0 Å². The van der Waals surface area contributed by atoms with Crippen molar-refractivity contribution in [2.45, 2.75) is 0 Å². The van der Waals surface area contributed by atoms with E-state index in [9.17, 15) is 4.39 Å². The highest BCUT2D eigenvalue weighted by atomic mass is 19.1. The highest BCUT2D eigenvalue weighted by molar-refractivity contribution is 5.63. The molecule has 3 rings (SSSR count). The van der Waals surface area contributed by atoms with Crippen LogP contribution in [0.25, 0.3) is 17.0 Å². The normalized spacial score (nSPS) is 11.0. The summed E-state index contributed by atoms with van der Waals surface area (Å²) in [6, 6.07) is 8.02. The van der Waals surface area contributed by atoms with Gasteiger partial charge in [-0.25, -0.2) is 8.91 Å². The first kappa shape index (κ1) is 8.23. The van der Waals surface area contributed by atoms with Crippen LogP contribution in [-0.4, -0.2) is 9.61 Å². The first-order valence-corrected chi connectivity index (χ1v) is 4.52. The Labute approximate surface area is 84.8 Å². The molecular formula is C11H7FN2O. The van der Waals surface area contributed by atoms with E-state index < -0.39 is 0 Å². The van der Waals surface area contributed by atoms with Crippen molar-refractivity contribution < 1.29 is 8.81 Å². The largest absolute Gasteiger partial charge is 0.445 e. The topological polar surface area (TPSA) is 30.4 Å². The van der Waals surface area contributed by atoms with Crippen LogP contribution in [0.2, 0.25) is 0 Å². The average Bonchev–Trinajstić information content (AvgIpc) is 2.78. The SMILES string of the molecule is Fc1ccc(-c2cc3occn3n2)cc1. The van der Waals surface area contributed by atoms with E-state index in [1.807, 2.05) is 6.07 Å². The Balaban J connectivity index is 2.13. The summed E-state index contributed by atoms with van der Waals surface area (Å²) >= 11 is 0. The van der Waals surface area contributed by atoms with Gasteiger partial charge in [-0.05, 0) is 24.3 Å². The maximum absolute atomic E-state index is 12.7. The molecule has 3 aromatic rings. The smallest absolute Gasteiger partial charge is 0.221 e. The molecule has 2 heterocycles. The maximum atomic E-state index is 12.7. The lowest BCUT2D eigenvalue weighted by Gasteiger charge is -1.94. The van der Waals surface area contributed by atoms with Crippen molar-refractivity contribution in [1.29, 1.82) is 0 Å². The molecule has 3 nitrogen and oxygen atoms in total. The number of rotatable bonds is 1. The molecule has 15 heavy (non-hydrogen) atoms. The molecule has 0 aliphatic carbocycles. The third kappa shape index (κ3) is 1.30. The van der Waals surface area contributed by atoms with Crippen LogP contribution >= 0.6 is 0 Å². The number of benzene rings is 1. The Kier molecular flexibility index (Phi) is 1.62. The van der Waals surface area contributed by atoms with Gasteiger partial charge in [-0.2, -0.15) is 5.10 Å². The molecule has 0 atom stereocenters.